The van der Waals surface area contributed by atoms with Gasteiger partial charge in [-0.1, -0.05) is 293 Å². The van der Waals surface area contributed by atoms with Crippen LogP contribution in [0.4, 0.5) is 0 Å². The molecule has 0 aromatic rings. The summed E-state index contributed by atoms with van der Waals surface area (Å²) in [5.41, 5.74) is 0. The molecule has 434 valence electrons. The van der Waals surface area contributed by atoms with E-state index in [0.717, 1.165) is 116 Å². The minimum Gasteiger partial charge on any atom is -0.462 e. The first kappa shape index (κ1) is 71.8. The average molecular weight is 1050 g/mol. The van der Waals surface area contributed by atoms with E-state index < -0.39 is 6.10 Å². The molecule has 0 rings (SSSR count). The van der Waals surface area contributed by atoms with E-state index in [9.17, 15) is 14.4 Å². The SMILES string of the molecule is CC/C=C\C/C=C\C/C=C\C/C=C\CCCCCCCCC(=O)OC(COC(=O)CCCCCCC/C=C\C/C=C\CCCCC)COC(=O)CCCCCCCCCCCCCCCCCCCCCCCCC. The number of esters is 3. The van der Waals surface area contributed by atoms with Gasteiger partial charge in [0.15, 0.2) is 6.10 Å². The van der Waals surface area contributed by atoms with Gasteiger partial charge in [-0.25, -0.2) is 0 Å². The number of hydrogen-bond donors (Lipinski definition) is 0. The summed E-state index contributed by atoms with van der Waals surface area (Å²) in [5.74, 6) is -0.895. The Morgan fingerprint density at radius 1 is 0.280 bits per heavy atom. The molecule has 0 amide bonds. The fraction of sp³-hybridized carbons (Fsp3) is 0.783. The molecule has 6 nitrogen and oxygen atoms in total. The van der Waals surface area contributed by atoms with Crippen LogP contribution < -0.4 is 0 Å². The molecular formula is C69H122O6. The van der Waals surface area contributed by atoms with Crippen LogP contribution in [0, 0.1) is 0 Å². The van der Waals surface area contributed by atoms with Crippen molar-refractivity contribution in [3.63, 3.8) is 0 Å². The highest BCUT2D eigenvalue weighted by Crippen LogP contribution is 2.17. The summed E-state index contributed by atoms with van der Waals surface area (Å²) in [7, 11) is 0. The lowest BCUT2D eigenvalue weighted by atomic mass is 10.0. The number of carbonyl (C=O) groups is 3. The normalized spacial score (nSPS) is 12.5. The number of allylic oxidation sites excluding steroid dienone is 12. The van der Waals surface area contributed by atoms with Crippen LogP contribution in [0.15, 0.2) is 72.9 Å². The van der Waals surface area contributed by atoms with Crippen molar-refractivity contribution in [2.24, 2.45) is 0 Å². The molecule has 0 aromatic heterocycles. The lowest BCUT2D eigenvalue weighted by Crippen LogP contribution is -2.30. The molecule has 0 aliphatic rings. The van der Waals surface area contributed by atoms with E-state index in [1.54, 1.807) is 0 Å². The van der Waals surface area contributed by atoms with Crippen LogP contribution in [0.1, 0.15) is 329 Å². The van der Waals surface area contributed by atoms with Crippen molar-refractivity contribution in [2.45, 2.75) is 335 Å². The van der Waals surface area contributed by atoms with Crippen molar-refractivity contribution >= 4 is 17.9 Å². The molecular weight excluding hydrogens is 925 g/mol. The van der Waals surface area contributed by atoms with E-state index in [0.29, 0.717) is 19.3 Å². The number of hydrogen-bond acceptors (Lipinski definition) is 6. The Morgan fingerprint density at radius 3 is 0.840 bits per heavy atom. The third kappa shape index (κ3) is 61.6. The third-order valence-electron chi connectivity index (χ3n) is 14.2. The molecule has 1 unspecified atom stereocenters. The average Bonchev–Trinajstić information content (AvgIpc) is 3.41. The van der Waals surface area contributed by atoms with Gasteiger partial charge in [-0.2, -0.15) is 0 Å². The third-order valence-corrected chi connectivity index (χ3v) is 14.2. The van der Waals surface area contributed by atoms with Gasteiger partial charge in [0.25, 0.3) is 0 Å². The molecule has 0 aromatic carbocycles. The lowest BCUT2D eigenvalue weighted by Gasteiger charge is -2.18. The first-order valence-corrected chi connectivity index (χ1v) is 32.4. The summed E-state index contributed by atoms with van der Waals surface area (Å²) in [6.07, 6.45) is 81.9. The molecule has 0 aliphatic carbocycles. The van der Waals surface area contributed by atoms with Crippen LogP contribution in [-0.2, 0) is 28.6 Å². The fourth-order valence-corrected chi connectivity index (χ4v) is 9.35. The van der Waals surface area contributed by atoms with Gasteiger partial charge >= 0.3 is 17.9 Å². The van der Waals surface area contributed by atoms with Gasteiger partial charge in [0, 0.05) is 19.3 Å². The summed E-state index contributed by atoms with van der Waals surface area (Å²) in [4.78, 5) is 38.3. The van der Waals surface area contributed by atoms with Crippen LogP contribution in [0.25, 0.3) is 0 Å². The summed E-state index contributed by atoms with van der Waals surface area (Å²) < 4.78 is 16.9. The largest absolute Gasteiger partial charge is 0.462 e. The predicted molar refractivity (Wildman–Crippen MR) is 325 cm³/mol. The molecule has 6 heteroatoms. The van der Waals surface area contributed by atoms with Crippen LogP contribution in [0.2, 0.25) is 0 Å². The van der Waals surface area contributed by atoms with Gasteiger partial charge in [-0.15, -0.1) is 0 Å². The molecule has 0 saturated carbocycles. The summed E-state index contributed by atoms with van der Waals surface area (Å²) >= 11 is 0. The molecule has 0 N–H and O–H groups in total. The van der Waals surface area contributed by atoms with Gasteiger partial charge in [-0.05, 0) is 89.9 Å². The molecule has 0 heterocycles. The second-order valence-electron chi connectivity index (χ2n) is 21.6. The zero-order chi connectivity index (χ0) is 54.3. The molecule has 0 bridgehead atoms. The van der Waals surface area contributed by atoms with Crippen molar-refractivity contribution in [3.05, 3.63) is 72.9 Å². The molecule has 75 heavy (non-hydrogen) atoms. The second kappa shape index (κ2) is 63.4. The van der Waals surface area contributed by atoms with Crippen molar-refractivity contribution in [2.75, 3.05) is 13.2 Å². The van der Waals surface area contributed by atoms with Gasteiger partial charge < -0.3 is 14.2 Å². The minimum atomic E-state index is -0.789. The van der Waals surface area contributed by atoms with Gasteiger partial charge in [-0.3, -0.25) is 14.4 Å². The van der Waals surface area contributed by atoms with Gasteiger partial charge in [0.1, 0.15) is 13.2 Å². The Labute approximate surface area is 465 Å². The smallest absolute Gasteiger partial charge is 0.306 e. The maximum atomic E-state index is 12.9. The quantitative estimate of drug-likeness (QED) is 0.0261. The zero-order valence-electron chi connectivity index (χ0n) is 49.8. The first-order valence-electron chi connectivity index (χ1n) is 32.4. The second-order valence-corrected chi connectivity index (χ2v) is 21.6. The maximum absolute atomic E-state index is 12.9. The van der Waals surface area contributed by atoms with Crippen molar-refractivity contribution in [1.29, 1.82) is 0 Å². The highest BCUT2D eigenvalue weighted by molar-refractivity contribution is 5.71. The van der Waals surface area contributed by atoms with Crippen molar-refractivity contribution < 1.29 is 28.6 Å². The molecule has 0 fully saturated rings. The monoisotopic (exact) mass is 1050 g/mol. The predicted octanol–water partition coefficient (Wildman–Crippen LogP) is 22.1. The summed E-state index contributed by atoms with van der Waals surface area (Å²) in [6.45, 7) is 6.52. The van der Waals surface area contributed by atoms with E-state index in [2.05, 4.69) is 93.7 Å². The number of carbonyl (C=O) groups excluding carboxylic acids is 3. The topological polar surface area (TPSA) is 78.9 Å². The first-order chi connectivity index (χ1) is 37.0. The summed E-state index contributed by atoms with van der Waals surface area (Å²) in [6, 6.07) is 0. The van der Waals surface area contributed by atoms with Crippen LogP contribution >= 0.6 is 0 Å². The van der Waals surface area contributed by atoms with Gasteiger partial charge in [0.2, 0.25) is 0 Å². The Bertz CT molecular complexity index is 1390. The Morgan fingerprint density at radius 2 is 0.520 bits per heavy atom. The molecule has 1 atom stereocenters. The van der Waals surface area contributed by atoms with E-state index in [1.807, 2.05) is 0 Å². The fourth-order valence-electron chi connectivity index (χ4n) is 9.35. The lowest BCUT2D eigenvalue weighted by molar-refractivity contribution is -0.167. The highest BCUT2D eigenvalue weighted by atomic mass is 16.6. The summed E-state index contributed by atoms with van der Waals surface area (Å²) in [5, 5.41) is 0. The van der Waals surface area contributed by atoms with Crippen LogP contribution in [-0.4, -0.2) is 37.2 Å². The molecule has 0 aliphatic heterocycles. The maximum Gasteiger partial charge on any atom is 0.306 e. The Balaban J connectivity index is 4.34. The standard InChI is InChI=1S/C69H122O6/c1-4-7-10-13-16-19-22-25-28-30-32-33-34-35-37-38-41-44-47-50-53-56-59-62-68(71)74-65-66(64-73-67(70)61-58-55-52-49-46-43-40-27-24-21-18-15-12-9-6-3)75-69(72)63-60-57-54-51-48-45-42-39-36-31-29-26-23-20-17-14-11-8-5-2/h8,11,17-18,20-21,26-27,29,36,39-40,66H,4-7,9-10,12-16,19,22-25,28,30-35,37-38,41-65H2,1-3H3/b11-8-,20-17-,21-18-,29-26-,39-36-,40-27-. The Hall–Kier alpha value is -3.15. The van der Waals surface area contributed by atoms with Crippen LogP contribution in [0.3, 0.4) is 0 Å². The van der Waals surface area contributed by atoms with Crippen LogP contribution in [0.5, 0.6) is 0 Å². The minimum absolute atomic E-state index is 0.0832. The number of unbranched alkanes of at least 4 members (excludes halogenated alkanes) is 36. The van der Waals surface area contributed by atoms with E-state index in [-0.39, 0.29) is 31.1 Å². The van der Waals surface area contributed by atoms with E-state index in [4.69, 9.17) is 14.2 Å². The highest BCUT2D eigenvalue weighted by Gasteiger charge is 2.19. The van der Waals surface area contributed by atoms with Crippen molar-refractivity contribution in [3.8, 4) is 0 Å². The Kier molecular flexibility index (Phi) is 60.7. The van der Waals surface area contributed by atoms with Gasteiger partial charge in [0.05, 0.1) is 0 Å². The number of rotatable bonds is 59. The zero-order valence-corrected chi connectivity index (χ0v) is 49.8. The number of ether oxygens (including phenoxy) is 3. The molecule has 0 radical (unpaired) electrons. The molecule has 0 saturated heterocycles. The van der Waals surface area contributed by atoms with Crippen molar-refractivity contribution in [1.82, 2.24) is 0 Å². The van der Waals surface area contributed by atoms with E-state index >= 15 is 0 Å². The van der Waals surface area contributed by atoms with E-state index in [1.165, 1.54) is 173 Å². The molecule has 0 spiro atoms.